The van der Waals surface area contributed by atoms with Crippen LogP contribution in [0, 0.1) is 44.8 Å². The number of nitrogens with zero attached hydrogens (tertiary/aromatic N) is 2. The fourth-order valence-electron chi connectivity index (χ4n) is 12.0. The molecule has 6 rings (SSSR count). The Labute approximate surface area is 253 Å². The summed E-state index contributed by atoms with van der Waals surface area (Å²) in [7, 11) is 0. The molecule has 7 atom stereocenters. The van der Waals surface area contributed by atoms with Gasteiger partial charge in [0.05, 0.1) is 5.54 Å². The summed E-state index contributed by atoms with van der Waals surface area (Å²) in [6.45, 7) is 19.8. The first kappa shape index (κ1) is 29.8. The highest BCUT2D eigenvalue weighted by Gasteiger charge is 2.73. The highest BCUT2D eigenvalue weighted by atomic mass is 16.2. The van der Waals surface area contributed by atoms with E-state index in [0.717, 1.165) is 44.1 Å². The summed E-state index contributed by atoms with van der Waals surface area (Å²) >= 11 is 0. The zero-order valence-corrected chi connectivity index (χ0v) is 27.5. The second-order valence-electron chi connectivity index (χ2n) is 16.8. The third kappa shape index (κ3) is 3.87. The molecule has 1 aromatic rings. The lowest BCUT2D eigenvalue weighted by Crippen LogP contribution is -2.76. The van der Waals surface area contributed by atoms with E-state index in [2.05, 4.69) is 76.0 Å². The number of amides is 2. The number of allylic oxidation sites excluding steroid dienone is 2. The molecular weight excluding hydrogens is 520 g/mol. The van der Waals surface area contributed by atoms with Gasteiger partial charge < -0.3 is 10.6 Å². The van der Waals surface area contributed by atoms with E-state index in [4.69, 9.17) is 0 Å². The van der Waals surface area contributed by atoms with Crippen molar-refractivity contribution in [2.45, 2.75) is 132 Å². The van der Waals surface area contributed by atoms with Gasteiger partial charge in [-0.15, -0.1) is 0 Å². The summed E-state index contributed by atoms with van der Waals surface area (Å²) in [5.41, 5.74) is 3.68. The van der Waals surface area contributed by atoms with Crippen LogP contribution in [0.1, 0.15) is 125 Å². The average molecular weight is 575 g/mol. The molecule has 4 saturated carbocycles. The van der Waals surface area contributed by atoms with Crippen LogP contribution in [0.4, 0.5) is 4.79 Å². The van der Waals surface area contributed by atoms with Gasteiger partial charge in [-0.3, -0.25) is 4.79 Å². The van der Waals surface area contributed by atoms with Gasteiger partial charge in [0, 0.05) is 30.9 Å². The fourth-order valence-corrected chi connectivity index (χ4v) is 12.0. The van der Waals surface area contributed by atoms with Crippen LogP contribution in [0.5, 0.6) is 0 Å². The number of carbonyl (C=O) groups is 2. The van der Waals surface area contributed by atoms with E-state index >= 15 is 0 Å². The summed E-state index contributed by atoms with van der Waals surface area (Å²) in [5.74, 6) is 1.72. The van der Waals surface area contributed by atoms with Gasteiger partial charge in [-0.1, -0.05) is 67.4 Å². The fraction of sp³-hybridized carbons (Fsp3) is 0.778. The molecule has 1 heterocycles. The van der Waals surface area contributed by atoms with E-state index in [-0.39, 0.29) is 38.6 Å². The highest BCUT2D eigenvalue weighted by Crippen LogP contribution is 2.77. The van der Waals surface area contributed by atoms with Crippen LogP contribution < -0.4 is 10.6 Å². The molecule has 42 heavy (non-hydrogen) atoms. The van der Waals surface area contributed by atoms with Gasteiger partial charge >= 0.3 is 6.03 Å². The summed E-state index contributed by atoms with van der Waals surface area (Å²) in [6, 6.07) is -0.0758. The molecule has 0 saturated heterocycles. The number of nitrogens with one attached hydrogen (secondary N) is 2. The Hall–Kier alpha value is -2.24. The van der Waals surface area contributed by atoms with Crippen LogP contribution in [0.2, 0.25) is 0 Å². The maximum atomic E-state index is 13.7. The van der Waals surface area contributed by atoms with Crippen LogP contribution >= 0.6 is 0 Å². The van der Waals surface area contributed by atoms with Gasteiger partial charge in [0.25, 0.3) is 0 Å². The number of Topliss-reactive ketones (excluding diaryl/α,β-unsaturated/α-hetero) is 1. The summed E-state index contributed by atoms with van der Waals surface area (Å²) in [4.78, 5) is 35.3. The maximum Gasteiger partial charge on any atom is 0.315 e. The molecule has 2 N–H and O–H groups in total. The monoisotopic (exact) mass is 574 g/mol. The Bertz CT molecular complexity index is 1300. The van der Waals surface area contributed by atoms with Crippen molar-refractivity contribution < 1.29 is 9.59 Å². The molecule has 5 aliphatic rings. The SMILES string of the molecule is CC(C)C1=C2[C@H]3CC[C@@H]4[C@@]5(C)CCCC(C)(C)C5(NC(=O)NCc5cncnc5)CC[C@@]4(C)[C@]3(C)CC[C@@]2(C)CC1=O. The van der Waals surface area contributed by atoms with Crippen LogP contribution in [0.25, 0.3) is 0 Å². The van der Waals surface area contributed by atoms with Gasteiger partial charge in [0.1, 0.15) is 6.33 Å². The van der Waals surface area contributed by atoms with Gasteiger partial charge in [-0.25, -0.2) is 14.8 Å². The smallest absolute Gasteiger partial charge is 0.315 e. The minimum absolute atomic E-state index is 0.00949. The van der Waals surface area contributed by atoms with E-state index < -0.39 is 0 Å². The third-order valence-electron chi connectivity index (χ3n) is 14.3. The Morgan fingerprint density at radius 1 is 0.905 bits per heavy atom. The van der Waals surface area contributed by atoms with Crippen molar-refractivity contribution in [3.63, 3.8) is 0 Å². The van der Waals surface area contributed by atoms with E-state index in [0.29, 0.717) is 36.5 Å². The first-order valence-electron chi connectivity index (χ1n) is 16.7. The number of fused-ring (bicyclic) bond motifs is 7. The van der Waals surface area contributed by atoms with Crippen molar-refractivity contribution in [1.29, 1.82) is 0 Å². The lowest BCUT2D eigenvalue weighted by atomic mass is 9.31. The average Bonchev–Trinajstić information content (AvgIpc) is 3.20. The van der Waals surface area contributed by atoms with E-state index in [1.165, 1.54) is 31.2 Å². The van der Waals surface area contributed by atoms with Crippen LogP contribution in [0.3, 0.4) is 0 Å². The van der Waals surface area contributed by atoms with Crippen LogP contribution in [-0.2, 0) is 11.3 Å². The molecule has 0 radical (unpaired) electrons. The molecule has 230 valence electrons. The molecule has 2 amide bonds. The number of hydrogen-bond donors (Lipinski definition) is 2. The second kappa shape index (κ2) is 9.63. The minimum atomic E-state index is -0.280. The van der Waals surface area contributed by atoms with Crippen molar-refractivity contribution in [2.24, 2.45) is 44.8 Å². The molecule has 1 aromatic heterocycles. The summed E-state index contributed by atoms with van der Waals surface area (Å²) < 4.78 is 0. The molecular formula is C36H54N4O2. The molecule has 5 aliphatic carbocycles. The number of urea groups is 1. The van der Waals surface area contributed by atoms with Gasteiger partial charge in [-0.2, -0.15) is 0 Å². The highest BCUT2D eigenvalue weighted by molar-refractivity contribution is 6.00. The van der Waals surface area contributed by atoms with Gasteiger partial charge in [-0.05, 0) is 102 Å². The second-order valence-corrected chi connectivity index (χ2v) is 16.8. The topological polar surface area (TPSA) is 84.0 Å². The molecule has 4 fully saturated rings. The molecule has 1 unspecified atom stereocenters. The third-order valence-corrected chi connectivity index (χ3v) is 14.3. The molecule has 0 spiro atoms. The minimum Gasteiger partial charge on any atom is -0.334 e. The van der Waals surface area contributed by atoms with Crippen LogP contribution in [0.15, 0.2) is 29.9 Å². The molecule has 6 nitrogen and oxygen atoms in total. The first-order chi connectivity index (χ1) is 19.6. The lowest BCUT2D eigenvalue weighted by molar-refractivity contribution is -0.226. The van der Waals surface area contributed by atoms with Gasteiger partial charge in [0.15, 0.2) is 5.78 Å². The van der Waals surface area contributed by atoms with Crippen LogP contribution in [-0.4, -0.2) is 27.3 Å². The van der Waals surface area contributed by atoms with Crippen molar-refractivity contribution in [3.8, 4) is 0 Å². The van der Waals surface area contributed by atoms with Crippen molar-refractivity contribution in [2.75, 3.05) is 0 Å². The van der Waals surface area contributed by atoms with Crippen molar-refractivity contribution in [3.05, 3.63) is 35.4 Å². The van der Waals surface area contributed by atoms with E-state index in [1.54, 1.807) is 18.0 Å². The number of hydrogen-bond acceptors (Lipinski definition) is 4. The number of carbonyl (C=O) groups excluding carboxylic acids is 2. The standard InChI is InChI=1S/C36H54N4O2/c1-23(2)28-26(41)18-32(5)14-15-33(6)25(29(28)32)10-11-27-34(33,7)16-17-36(31(3,4)12-9-13-35(27,36)8)40-30(42)39-21-24-19-37-22-38-20-24/h19-20,22-23,25,27H,9-18,21H2,1-8H3,(H2,39,40,42)/t25-,27+,32+,33-,34-,35-,36?/m1/s1. The number of aromatic nitrogens is 2. The quantitative estimate of drug-likeness (QED) is 0.384. The van der Waals surface area contributed by atoms with E-state index in [1.807, 2.05) is 0 Å². The van der Waals surface area contributed by atoms with Crippen molar-refractivity contribution >= 4 is 11.8 Å². The number of ketones is 1. The predicted molar refractivity (Wildman–Crippen MR) is 166 cm³/mol. The Kier molecular flexibility index (Phi) is 6.84. The molecule has 0 aliphatic heterocycles. The largest absolute Gasteiger partial charge is 0.334 e. The first-order valence-corrected chi connectivity index (χ1v) is 16.7. The van der Waals surface area contributed by atoms with E-state index in [9.17, 15) is 9.59 Å². The lowest BCUT2D eigenvalue weighted by Gasteiger charge is -2.75. The molecule has 6 heteroatoms. The Morgan fingerprint density at radius 2 is 1.60 bits per heavy atom. The van der Waals surface area contributed by atoms with Crippen molar-refractivity contribution in [1.82, 2.24) is 20.6 Å². The molecule has 0 bridgehead atoms. The summed E-state index contributed by atoms with van der Waals surface area (Å²) in [5, 5.41) is 6.84. The zero-order chi connectivity index (χ0) is 30.3. The summed E-state index contributed by atoms with van der Waals surface area (Å²) in [6.07, 6.45) is 16.0. The van der Waals surface area contributed by atoms with Gasteiger partial charge in [0.2, 0.25) is 0 Å². The normalized spacial score (nSPS) is 42.4. The molecule has 0 aromatic carbocycles. The Morgan fingerprint density at radius 3 is 2.29 bits per heavy atom. The maximum absolute atomic E-state index is 13.7. The Balaban J connectivity index is 1.36. The predicted octanol–water partition coefficient (Wildman–Crippen LogP) is 7.79. The number of rotatable bonds is 4. The zero-order valence-electron chi connectivity index (χ0n) is 27.5.